The van der Waals surface area contributed by atoms with E-state index in [1.807, 2.05) is 6.92 Å². The van der Waals surface area contributed by atoms with Gasteiger partial charge in [0.2, 0.25) is 5.91 Å². The van der Waals surface area contributed by atoms with Gasteiger partial charge >= 0.3 is 0 Å². The van der Waals surface area contributed by atoms with Gasteiger partial charge in [0, 0.05) is 38.0 Å². The van der Waals surface area contributed by atoms with Gasteiger partial charge in [-0.15, -0.1) is 0 Å². The van der Waals surface area contributed by atoms with Crippen LogP contribution in [0, 0.1) is 11.2 Å². The maximum atomic E-state index is 13.3. The van der Waals surface area contributed by atoms with E-state index in [0.717, 1.165) is 50.5 Å². The van der Waals surface area contributed by atoms with Crippen molar-refractivity contribution >= 4 is 23.5 Å². The Morgan fingerprint density at radius 3 is 3.04 bits per heavy atom. The fourth-order valence-corrected chi connectivity index (χ4v) is 3.86. The molecule has 7 heteroatoms. The third-order valence-corrected chi connectivity index (χ3v) is 5.18. The van der Waals surface area contributed by atoms with Crippen molar-refractivity contribution in [2.24, 2.45) is 10.4 Å². The highest BCUT2D eigenvalue weighted by molar-refractivity contribution is 6.30. The van der Waals surface area contributed by atoms with Crippen LogP contribution >= 0.6 is 11.6 Å². The van der Waals surface area contributed by atoms with Gasteiger partial charge in [0.1, 0.15) is 5.82 Å². The Labute approximate surface area is 152 Å². The van der Waals surface area contributed by atoms with E-state index in [4.69, 9.17) is 16.6 Å². The fourth-order valence-electron chi connectivity index (χ4n) is 3.66. The first-order valence-corrected chi connectivity index (χ1v) is 9.13. The fraction of sp³-hybridized carbons (Fsp3) is 0.556. The van der Waals surface area contributed by atoms with E-state index >= 15 is 0 Å². The van der Waals surface area contributed by atoms with E-state index in [9.17, 15) is 9.18 Å². The number of nitrogens with one attached hydrogen (secondary N) is 2. The Kier molecular flexibility index (Phi) is 5.47. The first-order valence-electron chi connectivity index (χ1n) is 8.75. The highest BCUT2D eigenvalue weighted by atomic mass is 35.5. The SMILES string of the molecule is CCNC(=NCc1ccc(F)c(Cl)c1)N1CCCC2(CNC(=O)C2)C1. The lowest BCUT2D eigenvalue weighted by atomic mass is 9.79. The molecule has 2 fully saturated rings. The first-order chi connectivity index (χ1) is 12.0. The van der Waals surface area contributed by atoms with Crippen LogP contribution in [0.5, 0.6) is 0 Å². The summed E-state index contributed by atoms with van der Waals surface area (Å²) in [5.41, 5.74) is 0.885. The molecule has 1 aromatic carbocycles. The minimum atomic E-state index is -0.419. The largest absolute Gasteiger partial charge is 0.357 e. The lowest BCUT2D eigenvalue weighted by Crippen LogP contribution is -2.51. The van der Waals surface area contributed by atoms with Crippen molar-refractivity contribution in [3.05, 3.63) is 34.6 Å². The summed E-state index contributed by atoms with van der Waals surface area (Å²) in [6, 6.07) is 4.68. The zero-order valence-corrected chi connectivity index (χ0v) is 15.2. The van der Waals surface area contributed by atoms with Crippen LogP contribution in [0.4, 0.5) is 4.39 Å². The lowest BCUT2D eigenvalue weighted by molar-refractivity contribution is -0.119. The Balaban J connectivity index is 1.73. The number of rotatable bonds is 3. The number of carbonyl (C=O) groups is 1. The van der Waals surface area contributed by atoms with Gasteiger partial charge in [-0.1, -0.05) is 17.7 Å². The molecule has 5 nitrogen and oxygen atoms in total. The number of amides is 1. The topological polar surface area (TPSA) is 56.7 Å². The maximum absolute atomic E-state index is 13.3. The minimum absolute atomic E-state index is 0.0186. The van der Waals surface area contributed by atoms with Crippen molar-refractivity contribution in [2.45, 2.75) is 32.7 Å². The Morgan fingerprint density at radius 1 is 1.52 bits per heavy atom. The van der Waals surface area contributed by atoms with Gasteiger partial charge < -0.3 is 15.5 Å². The molecule has 25 heavy (non-hydrogen) atoms. The number of benzene rings is 1. The predicted octanol–water partition coefficient (Wildman–Crippen LogP) is 2.55. The summed E-state index contributed by atoms with van der Waals surface area (Å²) in [6.45, 7) is 5.72. The number of hydrogen-bond donors (Lipinski definition) is 2. The molecule has 2 N–H and O–H groups in total. The highest BCUT2D eigenvalue weighted by Crippen LogP contribution is 2.36. The average molecular weight is 367 g/mol. The molecule has 1 atom stereocenters. The van der Waals surface area contributed by atoms with Crippen molar-refractivity contribution < 1.29 is 9.18 Å². The second-order valence-corrected chi connectivity index (χ2v) is 7.30. The van der Waals surface area contributed by atoms with Crippen LogP contribution < -0.4 is 10.6 Å². The van der Waals surface area contributed by atoms with Crippen LogP contribution in [0.3, 0.4) is 0 Å². The molecule has 3 rings (SSSR count). The van der Waals surface area contributed by atoms with Crippen LogP contribution in [0.15, 0.2) is 23.2 Å². The first kappa shape index (κ1) is 18.0. The molecule has 0 saturated carbocycles. The number of halogens is 2. The van der Waals surface area contributed by atoms with Crippen LogP contribution in [0.25, 0.3) is 0 Å². The number of aliphatic imine (C=N–C) groups is 1. The van der Waals surface area contributed by atoms with Crippen molar-refractivity contribution in [2.75, 3.05) is 26.2 Å². The molecule has 2 saturated heterocycles. The molecule has 0 radical (unpaired) electrons. The monoisotopic (exact) mass is 366 g/mol. The summed E-state index contributed by atoms with van der Waals surface area (Å²) in [5, 5.41) is 6.41. The normalized spacial score (nSPS) is 23.9. The van der Waals surface area contributed by atoms with E-state index < -0.39 is 5.82 Å². The maximum Gasteiger partial charge on any atom is 0.220 e. The van der Waals surface area contributed by atoms with Crippen LogP contribution in [0.2, 0.25) is 5.02 Å². The third-order valence-electron chi connectivity index (χ3n) is 4.89. The highest BCUT2D eigenvalue weighted by Gasteiger charge is 2.42. The lowest BCUT2D eigenvalue weighted by Gasteiger charge is -2.40. The Bertz CT molecular complexity index is 681. The zero-order valence-electron chi connectivity index (χ0n) is 14.4. The van der Waals surface area contributed by atoms with Crippen LogP contribution in [-0.2, 0) is 11.3 Å². The van der Waals surface area contributed by atoms with Gasteiger partial charge in [0.15, 0.2) is 5.96 Å². The van der Waals surface area contributed by atoms with E-state index in [0.29, 0.717) is 13.0 Å². The van der Waals surface area contributed by atoms with E-state index in [-0.39, 0.29) is 16.3 Å². The van der Waals surface area contributed by atoms with Crippen molar-refractivity contribution in [1.82, 2.24) is 15.5 Å². The summed E-state index contributed by atoms with van der Waals surface area (Å²) in [6.07, 6.45) is 2.70. The molecule has 1 spiro atoms. The van der Waals surface area contributed by atoms with E-state index in [2.05, 4.69) is 15.5 Å². The average Bonchev–Trinajstić information content (AvgIpc) is 2.94. The van der Waals surface area contributed by atoms with Crippen LogP contribution in [-0.4, -0.2) is 42.9 Å². The molecule has 0 aliphatic carbocycles. The second-order valence-electron chi connectivity index (χ2n) is 6.90. The number of hydrogen-bond acceptors (Lipinski definition) is 2. The number of likely N-dealkylation sites (tertiary alicyclic amines) is 1. The summed E-state index contributed by atoms with van der Waals surface area (Å²) in [4.78, 5) is 18.6. The molecule has 2 aliphatic rings. The summed E-state index contributed by atoms with van der Waals surface area (Å²) >= 11 is 5.85. The number of nitrogens with zero attached hydrogens (tertiary/aromatic N) is 2. The minimum Gasteiger partial charge on any atom is -0.357 e. The summed E-state index contributed by atoms with van der Waals surface area (Å²) in [5.74, 6) is 0.559. The quantitative estimate of drug-likeness (QED) is 0.638. The summed E-state index contributed by atoms with van der Waals surface area (Å²) < 4.78 is 13.3. The molecule has 2 heterocycles. The molecule has 1 amide bonds. The van der Waals surface area contributed by atoms with Gasteiger partial charge in [-0.2, -0.15) is 0 Å². The number of guanidine groups is 1. The molecule has 0 bridgehead atoms. The molecule has 136 valence electrons. The Morgan fingerprint density at radius 2 is 2.36 bits per heavy atom. The zero-order chi connectivity index (χ0) is 17.9. The van der Waals surface area contributed by atoms with Gasteiger partial charge in [-0.3, -0.25) is 4.79 Å². The van der Waals surface area contributed by atoms with Crippen LogP contribution in [0.1, 0.15) is 31.7 Å². The van der Waals surface area contributed by atoms with Gasteiger partial charge in [0.25, 0.3) is 0 Å². The van der Waals surface area contributed by atoms with Crippen molar-refractivity contribution in [3.63, 3.8) is 0 Å². The molecule has 1 aromatic rings. The second kappa shape index (κ2) is 7.60. The van der Waals surface area contributed by atoms with Crippen molar-refractivity contribution in [1.29, 1.82) is 0 Å². The standard InChI is InChI=1S/C18H24ClFN4O/c1-2-21-17(22-10-13-4-5-15(20)14(19)8-13)24-7-3-6-18(12-24)9-16(25)23-11-18/h4-5,8H,2-3,6-7,9-12H2,1H3,(H,21,22)(H,23,25). The van der Waals surface area contributed by atoms with Gasteiger partial charge in [-0.05, 0) is 37.5 Å². The Hall–Kier alpha value is -1.82. The third kappa shape index (κ3) is 4.24. The molecular weight excluding hydrogens is 343 g/mol. The molecular formula is C18H24ClFN4O. The molecule has 2 aliphatic heterocycles. The van der Waals surface area contributed by atoms with E-state index in [1.54, 1.807) is 12.1 Å². The number of carbonyl (C=O) groups excluding carboxylic acids is 1. The molecule has 0 aromatic heterocycles. The molecule has 1 unspecified atom stereocenters. The van der Waals surface area contributed by atoms with Gasteiger partial charge in [0.05, 0.1) is 11.6 Å². The van der Waals surface area contributed by atoms with Gasteiger partial charge in [-0.25, -0.2) is 9.38 Å². The predicted molar refractivity (Wildman–Crippen MR) is 97.1 cm³/mol. The van der Waals surface area contributed by atoms with E-state index in [1.165, 1.54) is 6.07 Å². The summed E-state index contributed by atoms with van der Waals surface area (Å²) in [7, 11) is 0. The number of piperidine rings is 1. The van der Waals surface area contributed by atoms with Crippen molar-refractivity contribution in [3.8, 4) is 0 Å². The smallest absolute Gasteiger partial charge is 0.220 e.